The van der Waals surface area contributed by atoms with Gasteiger partial charge in [-0.05, 0) is 17.7 Å². The number of halogens is 1. The summed E-state index contributed by atoms with van der Waals surface area (Å²) in [7, 11) is 0. The van der Waals surface area contributed by atoms with Gasteiger partial charge in [0.2, 0.25) is 0 Å². The van der Waals surface area contributed by atoms with Crippen LogP contribution in [0.5, 0.6) is 0 Å². The predicted molar refractivity (Wildman–Crippen MR) is 56.3 cm³/mol. The maximum Gasteiger partial charge on any atom is 0.168 e. The van der Waals surface area contributed by atoms with Gasteiger partial charge < -0.3 is 5.11 Å². The Hall–Kier alpha value is -0.860. The van der Waals surface area contributed by atoms with E-state index in [0.717, 1.165) is 0 Å². The van der Waals surface area contributed by atoms with E-state index in [4.69, 9.17) is 11.6 Å². The molecule has 0 radical (unpaired) electrons. The number of Topliss-reactive ketones (excluding diaryl/α,β-unsaturated/α-hetero) is 1. The SMILES string of the molecule is CC(C)C(=O)C(O)c1ccc(Cl)cc1. The summed E-state index contributed by atoms with van der Waals surface area (Å²) < 4.78 is 0. The van der Waals surface area contributed by atoms with Crippen molar-refractivity contribution < 1.29 is 9.90 Å². The van der Waals surface area contributed by atoms with Gasteiger partial charge in [-0.15, -0.1) is 0 Å². The lowest BCUT2D eigenvalue weighted by Crippen LogP contribution is -2.17. The van der Waals surface area contributed by atoms with Crippen LogP contribution in [0.25, 0.3) is 0 Å². The van der Waals surface area contributed by atoms with Gasteiger partial charge in [0.05, 0.1) is 0 Å². The molecule has 1 N–H and O–H groups in total. The quantitative estimate of drug-likeness (QED) is 0.836. The third-order valence-corrected chi connectivity index (χ3v) is 2.28. The number of carbonyl (C=O) groups excluding carboxylic acids is 1. The molecule has 0 aliphatic rings. The number of benzene rings is 1. The molecule has 0 spiro atoms. The zero-order valence-corrected chi connectivity index (χ0v) is 8.95. The predicted octanol–water partition coefficient (Wildman–Crippen LogP) is 2.60. The molecule has 0 fully saturated rings. The van der Waals surface area contributed by atoms with E-state index in [-0.39, 0.29) is 11.7 Å². The van der Waals surface area contributed by atoms with Crippen molar-refractivity contribution in [3.05, 3.63) is 34.9 Å². The molecule has 1 atom stereocenters. The van der Waals surface area contributed by atoms with Crippen molar-refractivity contribution in [1.82, 2.24) is 0 Å². The molecule has 2 nitrogen and oxygen atoms in total. The molecule has 0 saturated heterocycles. The van der Waals surface area contributed by atoms with Crippen molar-refractivity contribution in [2.45, 2.75) is 20.0 Å². The van der Waals surface area contributed by atoms with E-state index in [1.165, 1.54) is 0 Å². The Morgan fingerprint density at radius 3 is 2.21 bits per heavy atom. The van der Waals surface area contributed by atoms with Crippen molar-refractivity contribution in [1.29, 1.82) is 0 Å². The molecule has 76 valence electrons. The van der Waals surface area contributed by atoms with Crippen LogP contribution in [0.4, 0.5) is 0 Å². The second kappa shape index (κ2) is 4.58. The van der Waals surface area contributed by atoms with Crippen molar-refractivity contribution in [3.63, 3.8) is 0 Å². The number of ketones is 1. The van der Waals surface area contributed by atoms with E-state index in [0.29, 0.717) is 10.6 Å². The fourth-order valence-electron chi connectivity index (χ4n) is 1.13. The van der Waals surface area contributed by atoms with E-state index in [9.17, 15) is 9.90 Å². The van der Waals surface area contributed by atoms with Crippen LogP contribution in [0.2, 0.25) is 5.02 Å². The Balaban J connectivity index is 2.84. The molecule has 0 aromatic heterocycles. The summed E-state index contributed by atoms with van der Waals surface area (Å²) in [5.74, 6) is -0.340. The van der Waals surface area contributed by atoms with Gasteiger partial charge in [-0.1, -0.05) is 37.6 Å². The minimum Gasteiger partial charge on any atom is -0.381 e. The highest BCUT2D eigenvalue weighted by Gasteiger charge is 2.19. The summed E-state index contributed by atoms with van der Waals surface area (Å²) in [6.07, 6.45) is -1.03. The van der Waals surface area contributed by atoms with Crippen LogP contribution in [0.15, 0.2) is 24.3 Å². The van der Waals surface area contributed by atoms with E-state index in [1.807, 2.05) is 0 Å². The number of hydrogen-bond donors (Lipinski definition) is 1. The lowest BCUT2D eigenvalue weighted by molar-refractivity contribution is -0.130. The smallest absolute Gasteiger partial charge is 0.168 e. The first kappa shape index (κ1) is 11.2. The molecule has 0 bridgehead atoms. The van der Waals surface area contributed by atoms with Crippen LogP contribution >= 0.6 is 11.6 Å². The summed E-state index contributed by atoms with van der Waals surface area (Å²) in [6, 6.07) is 6.64. The van der Waals surface area contributed by atoms with Crippen molar-refractivity contribution in [2.75, 3.05) is 0 Å². The third kappa shape index (κ3) is 2.56. The molecule has 0 aliphatic carbocycles. The topological polar surface area (TPSA) is 37.3 Å². The zero-order chi connectivity index (χ0) is 10.7. The second-order valence-electron chi connectivity index (χ2n) is 3.51. The van der Waals surface area contributed by atoms with E-state index < -0.39 is 6.10 Å². The van der Waals surface area contributed by atoms with Crippen LogP contribution in [0, 0.1) is 5.92 Å². The Morgan fingerprint density at radius 2 is 1.79 bits per heavy atom. The lowest BCUT2D eigenvalue weighted by Gasteiger charge is -2.12. The van der Waals surface area contributed by atoms with Crippen LogP contribution in [-0.2, 0) is 4.79 Å². The zero-order valence-electron chi connectivity index (χ0n) is 8.20. The van der Waals surface area contributed by atoms with Crippen LogP contribution in [0.1, 0.15) is 25.5 Å². The fraction of sp³-hybridized carbons (Fsp3) is 0.364. The van der Waals surface area contributed by atoms with E-state index >= 15 is 0 Å². The molecule has 14 heavy (non-hydrogen) atoms. The standard InChI is InChI=1S/C11H13ClO2/c1-7(2)10(13)11(14)8-3-5-9(12)6-4-8/h3-7,11,14H,1-2H3. The minimum atomic E-state index is -1.03. The van der Waals surface area contributed by atoms with E-state index in [1.54, 1.807) is 38.1 Å². The number of aliphatic hydroxyl groups is 1. The fourth-order valence-corrected chi connectivity index (χ4v) is 1.25. The minimum absolute atomic E-state index is 0.166. The van der Waals surface area contributed by atoms with Gasteiger partial charge in [0.25, 0.3) is 0 Å². The molecule has 1 unspecified atom stereocenters. The van der Waals surface area contributed by atoms with Crippen molar-refractivity contribution >= 4 is 17.4 Å². The van der Waals surface area contributed by atoms with Crippen LogP contribution in [-0.4, -0.2) is 10.9 Å². The number of hydrogen-bond acceptors (Lipinski definition) is 2. The molecular formula is C11H13ClO2. The average molecular weight is 213 g/mol. The van der Waals surface area contributed by atoms with Gasteiger partial charge in [0.15, 0.2) is 5.78 Å². The maximum atomic E-state index is 11.4. The monoisotopic (exact) mass is 212 g/mol. The van der Waals surface area contributed by atoms with Gasteiger partial charge in [-0.3, -0.25) is 4.79 Å². The molecule has 0 heterocycles. The normalized spacial score (nSPS) is 12.9. The average Bonchev–Trinajstić information content (AvgIpc) is 2.16. The Bertz CT molecular complexity index is 317. The highest BCUT2D eigenvalue weighted by Crippen LogP contribution is 2.19. The van der Waals surface area contributed by atoms with Gasteiger partial charge >= 0.3 is 0 Å². The highest BCUT2D eigenvalue weighted by atomic mass is 35.5. The molecule has 1 aromatic rings. The third-order valence-electron chi connectivity index (χ3n) is 2.02. The summed E-state index contributed by atoms with van der Waals surface area (Å²) in [5, 5.41) is 10.3. The Kier molecular flexibility index (Phi) is 3.67. The second-order valence-corrected chi connectivity index (χ2v) is 3.95. The van der Waals surface area contributed by atoms with Gasteiger partial charge in [0.1, 0.15) is 6.10 Å². The molecular weight excluding hydrogens is 200 g/mol. The molecule has 1 aromatic carbocycles. The molecule has 1 rings (SSSR count). The van der Waals surface area contributed by atoms with E-state index in [2.05, 4.69) is 0 Å². The first-order valence-electron chi connectivity index (χ1n) is 4.49. The van der Waals surface area contributed by atoms with Crippen LogP contribution in [0.3, 0.4) is 0 Å². The number of rotatable bonds is 3. The number of carbonyl (C=O) groups is 1. The molecule has 0 aliphatic heterocycles. The van der Waals surface area contributed by atoms with Crippen LogP contribution < -0.4 is 0 Å². The summed E-state index contributed by atoms with van der Waals surface area (Å²) in [4.78, 5) is 11.4. The maximum absolute atomic E-state index is 11.4. The summed E-state index contributed by atoms with van der Waals surface area (Å²) >= 11 is 5.69. The van der Waals surface area contributed by atoms with Crippen molar-refractivity contribution in [3.8, 4) is 0 Å². The van der Waals surface area contributed by atoms with Gasteiger partial charge in [-0.2, -0.15) is 0 Å². The summed E-state index contributed by atoms with van der Waals surface area (Å²) in [6.45, 7) is 3.53. The molecule has 0 saturated carbocycles. The van der Waals surface area contributed by atoms with Gasteiger partial charge in [0, 0.05) is 10.9 Å². The van der Waals surface area contributed by atoms with Crippen molar-refractivity contribution in [2.24, 2.45) is 5.92 Å². The summed E-state index contributed by atoms with van der Waals surface area (Å²) in [5.41, 5.74) is 0.591. The molecule has 3 heteroatoms. The van der Waals surface area contributed by atoms with Gasteiger partial charge in [-0.25, -0.2) is 0 Å². The highest BCUT2D eigenvalue weighted by molar-refractivity contribution is 6.30. The molecule has 0 amide bonds. The first-order chi connectivity index (χ1) is 6.52. The number of aliphatic hydroxyl groups excluding tert-OH is 1. The largest absolute Gasteiger partial charge is 0.381 e. The Labute approximate surface area is 88.5 Å². The first-order valence-corrected chi connectivity index (χ1v) is 4.87. The lowest BCUT2D eigenvalue weighted by atomic mass is 9.98. The Morgan fingerprint density at radius 1 is 1.29 bits per heavy atom.